The zero-order chi connectivity index (χ0) is 7.40. The van der Waals surface area contributed by atoms with Crippen molar-refractivity contribution in [1.82, 2.24) is 0 Å². The second-order valence-electron chi connectivity index (χ2n) is 3.04. The molecule has 1 aliphatic carbocycles. The Labute approximate surface area is 71.5 Å². The van der Waals surface area contributed by atoms with Gasteiger partial charge in [0.05, 0.1) is 0 Å². The summed E-state index contributed by atoms with van der Waals surface area (Å²) in [7, 11) is 0. The van der Waals surface area contributed by atoms with Crippen LogP contribution in [0, 0.1) is 18.3 Å². The third kappa shape index (κ3) is 2.34. The Morgan fingerprint density at radius 1 is 1.50 bits per heavy atom. The van der Waals surface area contributed by atoms with Crippen molar-refractivity contribution in [3.8, 4) is 12.3 Å². The Hall–Kier alpha value is 0.0400. The molecule has 0 aromatic carbocycles. The molecular weight excluding hydrogens is 188 g/mol. The van der Waals surface area contributed by atoms with E-state index >= 15 is 0 Å². The van der Waals surface area contributed by atoms with Gasteiger partial charge in [0, 0.05) is 11.2 Å². The molecule has 0 N–H and O–H groups in total. The van der Waals surface area contributed by atoms with Crippen LogP contribution in [0.5, 0.6) is 0 Å². The predicted octanol–water partition coefficient (Wildman–Crippen LogP) is 2.96. The third-order valence-electron chi connectivity index (χ3n) is 2.13. The lowest BCUT2D eigenvalue weighted by atomic mass is 9.87. The summed E-state index contributed by atoms with van der Waals surface area (Å²) in [5.41, 5.74) is 0. The molecule has 0 bridgehead atoms. The summed E-state index contributed by atoms with van der Waals surface area (Å²) in [5.74, 6) is 3.53. The highest BCUT2D eigenvalue weighted by molar-refractivity contribution is 9.09. The molecule has 0 aromatic heterocycles. The molecule has 1 fully saturated rings. The molecule has 0 heterocycles. The maximum Gasteiger partial charge on any atom is 0.0148 e. The van der Waals surface area contributed by atoms with E-state index in [1.807, 2.05) is 0 Å². The molecule has 0 amide bonds. The summed E-state index contributed by atoms with van der Waals surface area (Å²) in [4.78, 5) is 0.736. The average molecular weight is 201 g/mol. The minimum absolute atomic E-state index is 0.736. The molecule has 1 heteroatoms. The standard InChI is InChI=1S/C9H13Br/c1-2-4-8-5-3-6-9(10)7-8/h1,8-9H,3-7H2. The van der Waals surface area contributed by atoms with Crippen LogP contribution in [-0.4, -0.2) is 4.83 Å². The number of hydrogen-bond donors (Lipinski definition) is 0. The number of hydrogen-bond acceptors (Lipinski definition) is 0. The lowest BCUT2D eigenvalue weighted by molar-refractivity contribution is 0.377. The summed E-state index contributed by atoms with van der Waals surface area (Å²) in [6.45, 7) is 0. The SMILES string of the molecule is C#CCC1CCCC(Br)C1. The molecule has 0 saturated heterocycles. The molecule has 1 rings (SSSR count). The zero-order valence-electron chi connectivity index (χ0n) is 6.15. The summed E-state index contributed by atoms with van der Waals surface area (Å²) in [6, 6.07) is 0. The molecule has 56 valence electrons. The van der Waals surface area contributed by atoms with E-state index in [9.17, 15) is 0 Å². The summed E-state index contributed by atoms with van der Waals surface area (Å²) in [5, 5.41) is 0. The first-order valence-electron chi connectivity index (χ1n) is 3.90. The van der Waals surface area contributed by atoms with Crippen LogP contribution < -0.4 is 0 Å². The van der Waals surface area contributed by atoms with Gasteiger partial charge in [0.25, 0.3) is 0 Å². The largest absolute Gasteiger partial charge is 0.120 e. The molecule has 0 aliphatic heterocycles. The first kappa shape index (κ1) is 8.14. The lowest BCUT2D eigenvalue weighted by Crippen LogP contribution is -2.14. The van der Waals surface area contributed by atoms with E-state index in [0.29, 0.717) is 0 Å². The smallest absolute Gasteiger partial charge is 0.0148 e. The van der Waals surface area contributed by atoms with Gasteiger partial charge in [0.15, 0.2) is 0 Å². The molecule has 1 saturated carbocycles. The number of alkyl halides is 1. The lowest BCUT2D eigenvalue weighted by Gasteiger charge is -2.23. The van der Waals surface area contributed by atoms with Crippen molar-refractivity contribution in [2.24, 2.45) is 5.92 Å². The average Bonchev–Trinajstić information content (AvgIpc) is 1.88. The predicted molar refractivity (Wildman–Crippen MR) is 48.1 cm³/mol. The molecule has 0 radical (unpaired) electrons. The van der Waals surface area contributed by atoms with E-state index in [-0.39, 0.29) is 0 Å². The Balaban J connectivity index is 2.27. The third-order valence-corrected chi connectivity index (χ3v) is 2.96. The van der Waals surface area contributed by atoms with Crippen molar-refractivity contribution in [3.63, 3.8) is 0 Å². The van der Waals surface area contributed by atoms with Crippen molar-refractivity contribution >= 4 is 15.9 Å². The Kier molecular flexibility index (Phi) is 3.28. The van der Waals surface area contributed by atoms with Crippen molar-refractivity contribution < 1.29 is 0 Å². The highest BCUT2D eigenvalue weighted by atomic mass is 79.9. The maximum absolute atomic E-state index is 5.24. The Bertz CT molecular complexity index is 134. The van der Waals surface area contributed by atoms with Gasteiger partial charge in [-0.3, -0.25) is 0 Å². The Morgan fingerprint density at radius 3 is 2.90 bits per heavy atom. The van der Waals surface area contributed by atoms with E-state index in [1.54, 1.807) is 0 Å². The van der Waals surface area contributed by atoms with Gasteiger partial charge >= 0.3 is 0 Å². The van der Waals surface area contributed by atoms with Gasteiger partial charge in [-0.05, 0) is 25.2 Å². The van der Waals surface area contributed by atoms with E-state index in [2.05, 4.69) is 21.9 Å². The molecule has 1 aliphatic rings. The minimum atomic E-state index is 0.736. The van der Waals surface area contributed by atoms with Gasteiger partial charge < -0.3 is 0 Å². The first-order chi connectivity index (χ1) is 4.83. The van der Waals surface area contributed by atoms with Gasteiger partial charge in [0.1, 0.15) is 0 Å². The van der Waals surface area contributed by atoms with Crippen molar-refractivity contribution in [2.45, 2.75) is 36.9 Å². The highest BCUT2D eigenvalue weighted by Crippen LogP contribution is 2.30. The van der Waals surface area contributed by atoms with Gasteiger partial charge in [0.2, 0.25) is 0 Å². The van der Waals surface area contributed by atoms with Crippen LogP contribution in [0.15, 0.2) is 0 Å². The topological polar surface area (TPSA) is 0 Å². The fourth-order valence-electron chi connectivity index (χ4n) is 1.58. The fourth-order valence-corrected chi connectivity index (χ4v) is 2.43. The number of rotatable bonds is 1. The minimum Gasteiger partial charge on any atom is -0.120 e. The Morgan fingerprint density at radius 2 is 2.30 bits per heavy atom. The summed E-state index contributed by atoms with van der Waals surface area (Å²) >= 11 is 3.63. The zero-order valence-corrected chi connectivity index (χ0v) is 7.73. The molecule has 0 aromatic rings. The molecule has 10 heavy (non-hydrogen) atoms. The van der Waals surface area contributed by atoms with E-state index in [0.717, 1.165) is 17.2 Å². The van der Waals surface area contributed by atoms with E-state index in [4.69, 9.17) is 6.42 Å². The van der Waals surface area contributed by atoms with Crippen LogP contribution in [0.4, 0.5) is 0 Å². The summed E-state index contributed by atoms with van der Waals surface area (Å²) in [6.07, 6.45) is 11.5. The van der Waals surface area contributed by atoms with Gasteiger partial charge in [-0.2, -0.15) is 0 Å². The maximum atomic E-state index is 5.24. The molecule has 0 nitrogen and oxygen atoms in total. The van der Waals surface area contributed by atoms with Gasteiger partial charge in [-0.15, -0.1) is 12.3 Å². The van der Waals surface area contributed by atoms with Gasteiger partial charge in [-0.1, -0.05) is 22.4 Å². The van der Waals surface area contributed by atoms with E-state index in [1.165, 1.54) is 25.7 Å². The van der Waals surface area contributed by atoms with Crippen molar-refractivity contribution in [3.05, 3.63) is 0 Å². The van der Waals surface area contributed by atoms with Crippen LogP contribution in [0.25, 0.3) is 0 Å². The normalized spacial score (nSPS) is 33.2. The van der Waals surface area contributed by atoms with Gasteiger partial charge in [-0.25, -0.2) is 0 Å². The molecule has 0 spiro atoms. The van der Waals surface area contributed by atoms with Crippen LogP contribution in [0.2, 0.25) is 0 Å². The van der Waals surface area contributed by atoms with Crippen molar-refractivity contribution in [1.29, 1.82) is 0 Å². The molecule has 2 atom stereocenters. The second-order valence-corrected chi connectivity index (χ2v) is 4.33. The van der Waals surface area contributed by atoms with Crippen LogP contribution in [-0.2, 0) is 0 Å². The van der Waals surface area contributed by atoms with Crippen LogP contribution >= 0.6 is 15.9 Å². The van der Waals surface area contributed by atoms with Crippen LogP contribution in [0.1, 0.15) is 32.1 Å². The molecular formula is C9H13Br. The van der Waals surface area contributed by atoms with E-state index < -0.39 is 0 Å². The van der Waals surface area contributed by atoms with Crippen LogP contribution in [0.3, 0.4) is 0 Å². The number of halogens is 1. The monoisotopic (exact) mass is 200 g/mol. The number of terminal acetylenes is 1. The summed E-state index contributed by atoms with van der Waals surface area (Å²) < 4.78 is 0. The fraction of sp³-hybridized carbons (Fsp3) is 0.778. The second kappa shape index (κ2) is 4.03. The molecule has 2 unspecified atom stereocenters. The first-order valence-corrected chi connectivity index (χ1v) is 4.82. The van der Waals surface area contributed by atoms with Crippen molar-refractivity contribution in [2.75, 3.05) is 0 Å². The quantitative estimate of drug-likeness (QED) is 0.452. The highest BCUT2D eigenvalue weighted by Gasteiger charge is 2.18.